The first kappa shape index (κ1) is 22.7. The molecule has 0 saturated heterocycles. The van der Waals surface area contributed by atoms with Crippen LogP contribution in [0.4, 0.5) is 0 Å². The summed E-state index contributed by atoms with van der Waals surface area (Å²) in [5, 5.41) is 10.4. The molecule has 0 bridgehead atoms. The number of aryl methyl sites for hydroxylation is 2. The Morgan fingerprint density at radius 3 is 1.73 bits per heavy atom. The summed E-state index contributed by atoms with van der Waals surface area (Å²) in [5.41, 5.74) is 10.1. The third-order valence-corrected chi connectivity index (χ3v) is 6.80. The van der Waals surface area contributed by atoms with Gasteiger partial charge in [-0.3, -0.25) is 0 Å². The molecule has 0 aliphatic carbocycles. The second kappa shape index (κ2) is 9.85. The molecule has 0 spiro atoms. The van der Waals surface area contributed by atoms with Crippen molar-refractivity contribution in [1.29, 1.82) is 0 Å². The molecule has 0 aliphatic rings. The minimum atomic E-state index is 0.0668. The third-order valence-electron chi connectivity index (χ3n) is 5.76. The van der Waals surface area contributed by atoms with Gasteiger partial charge in [-0.15, -0.1) is 11.8 Å². The number of hydrogen-bond donors (Lipinski definition) is 1. The number of aliphatic hydroxyl groups excluding tert-OH is 1. The Balaban J connectivity index is 2.20. The van der Waals surface area contributed by atoms with Crippen LogP contribution < -0.4 is 0 Å². The molecule has 0 aromatic heterocycles. The van der Waals surface area contributed by atoms with E-state index in [0.29, 0.717) is 11.8 Å². The maximum Gasteiger partial charge on any atom is 0.0690 e. The van der Waals surface area contributed by atoms with Crippen LogP contribution in [0.15, 0.2) is 59.5 Å². The van der Waals surface area contributed by atoms with Gasteiger partial charge in [0.05, 0.1) is 6.61 Å². The first-order chi connectivity index (χ1) is 14.3. The molecule has 3 rings (SSSR count). The van der Waals surface area contributed by atoms with Crippen LogP contribution in [0.1, 0.15) is 72.9 Å². The van der Waals surface area contributed by atoms with Crippen molar-refractivity contribution in [3.05, 3.63) is 88.0 Å². The molecule has 0 radical (unpaired) electrons. The minimum absolute atomic E-state index is 0.0668. The number of benzene rings is 3. The summed E-state index contributed by atoms with van der Waals surface area (Å²) in [6, 6.07) is 19.9. The van der Waals surface area contributed by atoms with Crippen molar-refractivity contribution in [2.45, 2.75) is 70.6 Å². The van der Waals surface area contributed by atoms with E-state index in [1.54, 1.807) is 0 Å². The molecule has 0 heterocycles. The molecule has 0 amide bonds. The van der Waals surface area contributed by atoms with Crippen LogP contribution in [0, 0.1) is 13.8 Å². The van der Waals surface area contributed by atoms with E-state index in [0.717, 1.165) is 11.3 Å². The number of aliphatic hydroxyl groups is 1. The zero-order valence-corrected chi connectivity index (χ0v) is 19.9. The molecule has 1 nitrogen and oxygen atoms in total. The van der Waals surface area contributed by atoms with Crippen LogP contribution >= 0.6 is 11.8 Å². The maximum absolute atomic E-state index is 10.4. The summed E-state index contributed by atoms with van der Waals surface area (Å²) < 4.78 is 0. The van der Waals surface area contributed by atoms with Crippen molar-refractivity contribution in [2.24, 2.45) is 0 Å². The van der Waals surface area contributed by atoms with Crippen molar-refractivity contribution < 1.29 is 5.11 Å². The van der Waals surface area contributed by atoms with Gasteiger partial charge in [-0.05, 0) is 71.2 Å². The lowest BCUT2D eigenvalue weighted by Gasteiger charge is -2.25. The monoisotopic (exact) mass is 418 g/mol. The summed E-state index contributed by atoms with van der Waals surface area (Å²) in [5.74, 6) is 1.69. The van der Waals surface area contributed by atoms with Gasteiger partial charge < -0.3 is 5.11 Å². The van der Waals surface area contributed by atoms with Gasteiger partial charge in [0, 0.05) is 10.6 Å². The zero-order valence-electron chi connectivity index (χ0n) is 19.1. The highest BCUT2D eigenvalue weighted by atomic mass is 32.2. The first-order valence-electron chi connectivity index (χ1n) is 10.9. The zero-order chi connectivity index (χ0) is 21.8. The van der Waals surface area contributed by atoms with Crippen LogP contribution in [0.2, 0.25) is 0 Å². The molecular formula is C28H34OS. The van der Waals surface area contributed by atoms with E-state index in [2.05, 4.69) is 96.1 Å². The Morgan fingerprint density at radius 1 is 0.733 bits per heavy atom. The van der Waals surface area contributed by atoms with Gasteiger partial charge in [0.1, 0.15) is 0 Å². The summed E-state index contributed by atoms with van der Waals surface area (Å²) in [4.78, 5) is 1.28. The van der Waals surface area contributed by atoms with Crippen molar-refractivity contribution in [1.82, 2.24) is 0 Å². The van der Waals surface area contributed by atoms with E-state index >= 15 is 0 Å². The van der Waals surface area contributed by atoms with Crippen LogP contribution in [-0.4, -0.2) is 5.11 Å². The fraction of sp³-hybridized carbons (Fsp3) is 0.357. The molecule has 3 aromatic rings. The quantitative estimate of drug-likeness (QED) is 0.392. The lowest BCUT2D eigenvalue weighted by molar-refractivity contribution is 0.280. The number of thioether (sulfide) groups is 1. The van der Waals surface area contributed by atoms with Gasteiger partial charge in [-0.25, -0.2) is 0 Å². The minimum Gasteiger partial charge on any atom is -0.392 e. The highest BCUT2D eigenvalue weighted by Crippen LogP contribution is 2.41. The SMILES string of the molecule is Cc1ccc(SCc2c(C(C)C)cc(C(C)C)c(CO)c2-c2ccc(C)cc2)cc1. The molecule has 0 unspecified atom stereocenters. The van der Waals surface area contributed by atoms with Gasteiger partial charge in [-0.1, -0.05) is 81.3 Å². The predicted octanol–water partition coefficient (Wildman–Crippen LogP) is 8.00. The summed E-state index contributed by atoms with van der Waals surface area (Å²) in [6.07, 6.45) is 0. The van der Waals surface area contributed by atoms with Gasteiger partial charge in [0.2, 0.25) is 0 Å². The second-order valence-corrected chi connectivity index (χ2v) is 9.87. The highest BCUT2D eigenvalue weighted by molar-refractivity contribution is 7.98. The Kier molecular flexibility index (Phi) is 7.44. The summed E-state index contributed by atoms with van der Waals surface area (Å²) in [7, 11) is 0. The first-order valence-corrected chi connectivity index (χ1v) is 11.9. The number of hydrogen-bond acceptors (Lipinski definition) is 2. The van der Waals surface area contributed by atoms with Crippen LogP contribution in [0.5, 0.6) is 0 Å². The fourth-order valence-corrected chi connectivity index (χ4v) is 4.98. The lowest BCUT2D eigenvalue weighted by atomic mass is 9.82. The maximum atomic E-state index is 10.4. The summed E-state index contributed by atoms with van der Waals surface area (Å²) in [6.45, 7) is 13.3. The van der Waals surface area contributed by atoms with E-state index in [1.807, 2.05) is 11.8 Å². The van der Waals surface area contributed by atoms with Crippen LogP contribution in [0.25, 0.3) is 11.1 Å². The Hall–Kier alpha value is -2.03. The average molecular weight is 419 g/mol. The van der Waals surface area contributed by atoms with E-state index in [9.17, 15) is 5.11 Å². The van der Waals surface area contributed by atoms with Gasteiger partial charge in [-0.2, -0.15) is 0 Å². The van der Waals surface area contributed by atoms with Gasteiger partial charge >= 0.3 is 0 Å². The molecule has 158 valence electrons. The fourth-order valence-electron chi connectivity index (χ4n) is 4.03. The van der Waals surface area contributed by atoms with E-state index in [1.165, 1.54) is 43.8 Å². The molecule has 1 N–H and O–H groups in total. The average Bonchev–Trinajstić information content (AvgIpc) is 2.72. The normalized spacial score (nSPS) is 11.5. The smallest absolute Gasteiger partial charge is 0.0690 e. The van der Waals surface area contributed by atoms with Crippen LogP contribution in [-0.2, 0) is 12.4 Å². The third kappa shape index (κ3) is 4.99. The second-order valence-electron chi connectivity index (χ2n) is 8.82. The van der Waals surface area contributed by atoms with E-state index in [-0.39, 0.29) is 6.61 Å². The number of rotatable bonds is 7. The molecule has 0 saturated carbocycles. The molecule has 0 atom stereocenters. The largest absolute Gasteiger partial charge is 0.392 e. The Bertz CT molecular complexity index is 983. The summed E-state index contributed by atoms with van der Waals surface area (Å²) >= 11 is 1.88. The van der Waals surface area contributed by atoms with E-state index in [4.69, 9.17) is 0 Å². The highest BCUT2D eigenvalue weighted by Gasteiger charge is 2.22. The molecular weight excluding hydrogens is 384 g/mol. The van der Waals surface area contributed by atoms with Crippen molar-refractivity contribution >= 4 is 11.8 Å². The van der Waals surface area contributed by atoms with Gasteiger partial charge in [0.15, 0.2) is 0 Å². The van der Waals surface area contributed by atoms with Gasteiger partial charge in [0.25, 0.3) is 0 Å². The van der Waals surface area contributed by atoms with Crippen molar-refractivity contribution in [3.8, 4) is 11.1 Å². The van der Waals surface area contributed by atoms with E-state index < -0.39 is 0 Å². The molecule has 30 heavy (non-hydrogen) atoms. The Labute approximate surface area is 186 Å². The molecule has 0 aliphatic heterocycles. The molecule has 3 aromatic carbocycles. The standard InChI is InChI=1S/C28H34OS/c1-18(2)24-15-25(19(3)4)27(17-30-23-13-9-21(6)10-14-23)28(26(24)16-29)22-11-7-20(5)8-12-22/h7-15,18-19,29H,16-17H2,1-6H3. The van der Waals surface area contributed by atoms with Crippen LogP contribution in [0.3, 0.4) is 0 Å². The molecule has 2 heteroatoms. The van der Waals surface area contributed by atoms with Crippen molar-refractivity contribution in [3.63, 3.8) is 0 Å². The Morgan fingerprint density at radius 2 is 1.23 bits per heavy atom. The topological polar surface area (TPSA) is 20.2 Å². The predicted molar refractivity (Wildman–Crippen MR) is 131 cm³/mol. The lowest BCUT2D eigenvalue weighted by Crippen LogP contribution is -2.08. The molecule has 0 fully saturated rings. The van der Waals surface area contributed by atoms with Crippen molar-refractivity contribution in [2.75, 3.05) is 0 Å².